The number of ether oxygens (including phenoxy) is 1. The van der Waals surface area contributed by atoms with Crippen LogP contribution in [-0.4, -0.2) is 114 Å². The van der Waals surface area contributed by atoms with Gasteiger partial charge < -0.3 is 41.1 Å². The number of piperidine rings is 2. The first kappa shape index (κ1) is 52.3. The largest absolute Gasteiger partial charge is 0.479 e. The quantitative estimate of drug-likeness (QED) is 0.0339. The lowest BCUT2D eigenvalue weighted by atomic mass is 10.0. The van der Waals surface area contributed by atoms with Crippen LogP contribution in [-0.2, 0) is 45.3 Å². The van der Waals surface area contributed by atoms with Crippen molar-refractivity contribution in [1.29, 1.82) is 0 Å². The number of anilines is 3. The molecule has 7 rings (SSSR count). The molecule has 71 heavy (non-hydrogen) atoms. The Hall–Kier alpha value is -6.55. The van der Waals surface area contributed by atoms with Crippen molar-refractivity contribution in [1.82, 2.24) is 19.8 Å². The van der Waals surface area contributed by atoms with Gasteiger partial charge in [0.05, 0.1) is 11.4 Å². The van der Waals surface area contributed by atoms with Gasteiger partial charge in [-0.1, -0.05) is 48.7 Å². The van der Waals surface area contributed by atoms with Gasteiger partial charge in [-0.3, -0.25) is 29.3 Å². The smallest absolute Gasteiger partial charge is 0.349 e. The van der Waals surface area contributed by atoms with E-state index < -0.39 is 45.3 Å². The zero-order valence-corrected chi connectivity index (χ0v) is 41.6. The first-order chi connectivity index (χ1) is 33.8. The first-order valence-corrected chi connectivity index (χ1v) is 25.9. The van der Waals surface area contributed by atoms with Crippen LogP contribution in [0.1, 0.15) is 103 Å². The van der Waals surface area contributed by atoms with Crippen molar-refractivity contribution in [2.24, 2.45) is 0 Å². The van der Waals surface area contributed by atoms with Gasteiger partial charge >= 0.3 is 11.9 Å². The van der Waals surface area contributed by atoms with Gasteiger partial charge in [0.25, 0.3) is 5.91 Å². The molecule has 378 valence electrons. The van der Waals surface area contributed by atoms with Crippen LogP contribution >= 0.6 is 22.9 Å². The number of carboxylic acid groups (broad SMARTS) is 2. The molecule has 2 saturated heterocycles. The lowest BCUT2D eigenvalue weighted by molar-refractivity contribution is -0.139. The Kier molecular flexibility index (Phi) is 16.7. The van der Waals surface area contributed by atoms with Crippen LogP contribution in [0.15, 0.2) is 66.7 Å². The third-order valence-corrected chi connectivity index (χ3v) is 17.0. The average molecular weight is 1030 g/mol. The molecule has 1 aromatic heterocycles. The molecule has 0 saturated carbocycles. The Bertz CT molecular complexity index is 2830. The van der Waals surface area contributed by atoms with Gasteiger partial charge in [-0.2, -0.15) is 0 Å². The Labute approximate surface area is 419 Å². The molecule has 0 bridgehead atoms. The standard InChI is InChI=1S/C49H56ClN7O12S2/c1-49(2,71(67,68)56-21-18-32(19-22-56)53-34-11-7-9-29(23-34)44-42(50)43(69-28-41(61)62)45(70-44)48(65)66)31-10-8-12-35(25-31)54-38(58)13-5-3-4-6-20-51-40(60)26-52-33-14-15-36-30(24-33)27-57(47(36)64)37-16-17-39(59)55-46(37)63/h7-12,14-15,23-25,32,37,52-53H,3-6,13,16-22,26-28H2,1-2H3,(H,51,60)(H,54,58)(H,61,62)(H,65,66)(H,55,59,63). The Morgan fingerprint density at radius 3 is 2.35 bits per heavy atom. The van der Waals surface area contributed by atoms with E-state index in [0.717, 1.165) is 36.2 Å². The van der Waals surface area contributed by atoms with Crippen LogP contribution in [0.2, 0.25) is 5.02 Å². The molecule has 19 nitrogen and oxygen atoms in total. The number of benzene rings is 3. The summed E-state index contributed by atoms with van der Waals surface area (Å²) in [5.41, 5.74) is 4.21. The Morgan fingerprint density at radius 2 is 1.62 bits per heavy atom. The van der Waals surface area contributed by atoms with Crippen LogP contribution in [0.4, 0.5) is 17.1 Å². The number of imide groups is 1. The second-order valence-electron chi connectivity index (χ2n) is 18.1. The molecule has 4 aromatic rings. The molecule has 1 atom stereocenters. The molecule has 0 aliphatic carbocycles. The van der Waals surface area contributed by atoms with E-state index >= 15 is 0 Å². The number of carboxylic acids is 2. The van der Waals surface area contributed by atoms with Crippen LogP contribution in [0.25, 0.3) is 10.4 Å². The number of aliphatic carboxylic acids is 1. The number of aromatic carboxylic acids is 1. The SMILES string of the molecule is CC(C)(c1cccc(NC(=O)CCCCCCNC(=O)CNc2ccc3c(c2)CN(C2CCC(=O)NC2=O)C3=O)c1)S(=O)(=O)N1CCC(Nc2cccc(-c3sc(C(=O)O)c(OCC(=O)O)c3Cl)c2)CC1. The lowest BCUT2D eigenvalue weighted by Gasteiger charge is -2.37. The molecule has 3 aromatic carbocycles. The number of hydrogen-bond acceptors (Lipinski definition) is 13. The average Bonchev–Trinajstić information content (AvgIpc) is 3.84. The van der Waals surface area contributed by atoms with Crippen LogP contribution < -0.4 is 31.3 Å². The minimum Gasteiger partial charge on any atom is -0.479 e. The van der Waals surface area contributed by atoms with Crippen molar-refractivity contribution in [2.75, 3.05) is 48.7 Å². The minimum atomic E-state index is -3.86. The topological polar surface area (TPSA) is 270 Å². The van der Waals surface area contributed by atoms with Gasteiger partial charge in [0.15, 0.2) is 17.2 Å². The van der Waals surface area contributed by atoms with E-state index in [4.69, 9.17) is 21.4 Å². The molecule has 5 amide bonds. The molecule has 3 aliphatic heterocycles. The molecule has 4 heterocycles. The normalized spacial score (nSPS) is 16.5. The van der Waals surface area contributed by atoms with Crippen LogP contribution in [0.3, 0.4) is 0 Å². The number of fused-ring (bicyclic) bond motifs is 1. The van der Waals surface area contributed by atoms with Gasteiger partial charge in [0, 0.05) is 67.7 Å². The van der Waals surface area contributed by atoms with Crippen molar-refractivity contribution < 1.29 is 56.9 Å². The Morgan fingerprint density at radius 1 is 0.887 bits per heavy atom. The maximum absolute atomic E-state index is 14.2. The highest BCUT2D eigenvalue weighted by molar-refractivity contribution is 7.90. The van der Waals surface area contributed by atoms with E-state index in [1.54, 1.807) is 74.5 Å². The Balaban J connectivity index is 0.802. The zero-order valence-electron chi connectivity index (χ0n) is 39.2. The second kappa shape index (κ2) is 22.7. The van der Waals surface area contributed by atoms with E-state index in [2.05, 4.69) is 26.6 Å². The number of nitrogens with zero attached hydrogens (tertiary/aromatic N) is 2. The predicted octanol–water partition coefficient (Wildman–Crippen LogP) is 6.25. The number of halogens is 1. The summed E-state index contributed by atoms with van der Waals surface area (Å²) >= 11 is 7.37. The monoisotopic (exact) mass is 1030 g/mol. The van der Waals surface area contributed by atoms with E-state index in [1.165, 1.54) is 9.21 Å². The highest BCUT2D eigenvalue weighted by Gasteiger charge is 2.43. The number of carbonyl (C=O) groups excluding carboxylic acids is 5. The fourth-order valence-corrected chi connectivity index (χ4v) is 12.0. The van der Waals surface area contributed by atoms with Crippen molar-refractivity contribution >= 4 is 91.5 Å². The molecule has 3 aliphatic rings. The van der Waals surface area contributed by atoms with E-state index in [0.29, 0.717) is 64.4 Å². The van der Waals surface area contributed by atoms with Crippen molar-refractivity contribution in [2.45, 2.75) is 95.0 Å². The molecule has 0 spiro atoms. The summed E-state index contributed by atoms with van der Waals surface area (Å²) in [6, 6.07) is 18.4. The summed E-state index contributed by atoms with van der Waals surface area (Å²) in [4.78, 5) is 86.9. The van der Waals surface area contributed by atoms with Gasteiger partial charge in [-0.05, 0) is 105 Å². The van der Waals surface area contributed by atoms with E-state index in [-0.39, 0.29) is 90.8 Å². The van der Waals surface area contributed by atoms with Crippen molar-refractivity contribution in [3.05, 3.63) is 93.3 Å². The highest BCUT2D eigenvalue weighted by atomic mass is 35.5. The number of thiophene rings is 1. The predicted molar refractivity (Wildman–Crippen MR) is 267 cm³/mol. The molecular weight excluding hydrogens is 978 g/mol. The number of nitrogens with one attached hydrogen (secondary N) is 5. The summed E-state index contributed by atoms with van der Waals surface area (Å²) < 4.78 is 33.7. The fraction of sp³-hybridized carbons (Fsp3) is 0.408. The first-order valence-electron chi connectivity index (χ1n) is 23.3. The third-order valence-electron chi connectivity index (χ3n) is 12.7. The molecule has 7 N–H and O–H groups in total. The second-order valence-corrected chi connectivity index (χ2v) is 22.0. The number of carbonyl (C=O) groups is 7. The highest BCUT2D eigenvalue weighted by Crippen LogP contribution is 2.46. The number of amides is 5. The van der Waals surface area contributed by atoms with Crippen LogP contribution in [0.5, 0.6) is 5.75 Å². The number of hydrogen-bond donors (Lipinski definition) is 7. The van der Waals surface area contributed by atoms with Gasteiger partial charge in [-0.25, -0.2) is 22.3 Å². The van der Waals surface area contributed by atoms with Gasteiger partial charge in [0.1, 0.15) is 15.8 Å². The summed E-state index contributed by atoms with van der Waals surface area (Å²) in [5.74, 6) is -4.26. The van der Waals surface area contributed by atoms with Gasteiger partial charge in [0.2, 0.25) is 33.7 Å². The summed E-state index contributed by atoms with van der Waals surface area (Å²) in [6.45, 7) is 3.82. The third kappa shape index (κ3) is 12.5. The molecule has 1 unspecified atom stereocenters. The summed E-state index contributed by atoms with van der Waals surface area (Å²) in [5, 5.41) is 33.3. The summed E-state index contributed by atoms with van der Waals surface area (Å²) in [7, 11) is -3.86. The summed E-state index contributed by atoms with van der Waals surface area (Å²) in [6.07, 6.45) is 4.66. The molecule has 2 fully saturated rings. The fourth-order valence-electron chi connectivity index (χ4n) is 8.80. The maximum Gasteiger partial charge on any atom is 0.349 e. The molecular formula is C49H56ClN7O12S2. The lowest BCUT2D eigenvalue weighted by Crippen LogP contribution is -2.52. The molecule has 22 heteroatoms. The zero-order chi connectivity index (χ0) is 51.0. The van der Waals surface area contributed by atoms with E-state index in [9.17, 15) is 47.1 Å². The number of sulfonamides is 1. The maximum atomic E-state index is 14.2. The van der Waals surface area contributed by atoms with Crippen molar-refractivity contribution in [3.8, 4) is 16.2 Å². The molecule has 0 radical (unpaired) electrons. The number of unbranched alkanes of at least 4 members (excludes halogenated alkanes) is 3. The number of rotatable bonds is 22. The van der Waals surface area contributed by atoms with E-state index in [1.807, 2.05) is 6.07 Å². The minimum absolute atomic E-state index is 0.00324. The van der Waals surface area contributed by atoms with Crippen LogP contribution in [0, 0.1) is 0 Å². The van der Waals surface area contributed by atoms with Crippen molar-refractivity contribution in [3.63, 3.8) is 0 Å². The van der Waals surface area contributed by atoms with Gasteiger partial charge in [-0.15, -0.1) is 11.3 Å².